The second-order valence-electron chi connectivity index (χ2n) is 23.6. The number of hydrogen-bond donors (Lipinski definition) is 4. The minimum atomic E-state index is -1.18. The Morgan fingerprint density at radius 1 is 0.430 bits per heavy atom. The van der Waals surface area contributed by atoms with Gasteiger partial charge in [-0.25, -0.2) is 24.0 Å². The number of benzene rings is 6. The van der Waals surface area contributed by atoms with Crippen molar-refractivity contribution in [2.45, 2.75) is 141 Å². The standard InChI is InChI=1S/C38H44N2O6.C35H46N2O10/c39-35(25-29-15-19-33(20-16-29)45-27-31-11-5-3-6-12-31)37(41)43-23-9-1-2-10-24-44-38(42)36(40)26-30-17-21-34(22-18-30)46-28-32-13-7-4-8-14-32;1-9-19-42-26-15-11-24(12-16-26)21-28(36-32(40)46-34(3,4)5)30(38)44-23-45-31(39)29(37-33(41)47-35(6,7)8)22-25-13-17-27(18-14-25)43-20-10-2/h3-8,11-22,35-36H,1-2,9-10,23-28,39-40H2;9-18,28-29H,1-2,19-23H2,3-8H3,(H,36,40)(H,37,41)/p+1. The van der Waals surface area contributed by atoms with Crippen molar-refractivity contribution in [2.75, 3.05) is 33.2 Å². The number of carbonyl (C=O) groups is 6. The number of carbonyl (C=O) groups excluding carboxylic acids is 6. The molecule has 20 nitrogen and oxygen atoms in total. The smallest absolute Gasteiger partial charge is 0.408 e. The van der Waals surface area contributed by atoms with E-state index in [9.17, 15) is 28.8 Å². The summed E-state index contributed by atoms with van der Waals surface area (Å²) in [6, 6.07) is 45.5. The molecule has 498 valence electrons. The minimum Gasteiger partial charge on any atom is -0.490 e. The van der Waals surface area contributed by atoms with Crippen LogP contribution in [0.2, 0.25) is 0 Å². The Labute approximate surface area is 546 Å². The molecule has 0 bridgehead atoms. The Morgan fingerprint density at radius 2 is 0.774 bits per heavy atom. The fourth-order valence-electron chi connectivity index (χ4n) is 8.62. The van der Waals surface area contributed by atoms with E-state index in [0.29, 0.717) is 75.1 Å². The molecule has 20 heteroatoms. The molecule has 6 aromatic rings. The van der Waals surface area contributed by atoms with Gasteiger partial charge in [-0.1, -0.05) is 135 Å². The van der Waals surface area contributed by atoms with E-state index in [1.807, 2.05) is 109 Å². The van der Waals surface area contributed by atoms with E-state index in [4.69, 9.17) is 53.1 Å². The molecular formula is C73H91N4O16+. The molecule has 6 rings (SSSR count). The number of quaternary nitrogens is 1. The maximum Gasteiger partial charge on any atom is 0.408 e. The molecule has 0 radical (unpaired) electrons. The third kappa shape index (κ3) is 30.8. The predicted molar refractivity (Wildman–Crippen MR) is 352 cm³/mol. The van der Waals surface area contributed by atoms with E-state index >= 15 is 0 Å². The average Bonchev–Trinajstić information content (AvgIpc) is 3.03. The van der Waals surface area contributed by atoms with Crippen molar-refractivity contribution in [3.63, 3.8) is 0 Å². The van der Waals surface area contributed by atoms with Gasteiger partial charge in [0.15, 0.2) is 6.04 Å². The first-order chi connectivity index (χ1) is 44.5. The molecule has 0 aliphatic rings. The van der Waals surface area contributed by atoms with E-state index < -0.39 is 72.3 Å². The lowest BCUT2D eigenvalue weighted by molar-refractivity contribution is -0.407. The van der Waals surface area contributed by atoms with Crippen LogP contribution in [0.25, 0.3) is 0 Å². The van der Waals surface area contributed by atoms with Crippen LogP contribution < -0.4 is 41.0 Å². The van der Waals surface area contributed by atoms with Crippen LogP contribution in [0.15, 0.2) is 183 Å². The number of hydrogen-bond acceptors (Lipinski definition) is 17. The third-order valence-corrected chi connectivity index (χ3v) is 13.3. The molecule has 0 spiro atoms. The normalized spacial score (nSPS) is 12.3. The zero-order valence-electron chi connectivity index (χ0n) is 54.3. The molecule has 0 aliphatic carbocycles. The van der Waals surface area contributed by atoms with E-state index in [1.54, 1.807) is 102 Å². The van der Waals surface area contributed by atoms with E-state index in [0.717, 1.165) is 59.4 Å². The SMILES string of the molecule is C=CCOc1ccc(CC(NC(=O)OC(C)(C)C)C(=O)OCOC(=O)C(Cc2ccc(OCC=C)cc2)NC(=O)OC(C)(C)C)cc1.NC(Cc1ccc(OCc2ccccc2)cc1)C(=O)OCCCCCCOC(=O)C([NH3+])Cc1ccc(OCc2ccccc2)cc1. The molecule has 4 atom stereocenters. The highest BCUT2D eigenvalue weighted by Crippen LogP contribution is 2.20. The van der Waals surface area contributed by atoms with Gasteiger partial charge < -0.3 is 69.5 Å². The first kappa shape index (κ1) is 74.1. The largest absolute Gasteiger partial charge is 0.490 e. The average molecular weight is 1280 g/mol. The van der Waals surface area contributed by atoms with Gasteiger partial charge in [-0.3, -0.25) is 4.79 Å². The number of ether oxygens (including phenoxy) is 10. The van der Waals surface area contributed by atoms with Crippen molar-refractivity contribution in [1.82, 2.24) is 10.6 Å². The monoisotopic (exact) mass is 1280 g/mol. The van der Waals surface area contributed by atoms with Crippen LogP contribution in [0.5, 0.6) is 23.0 Å². The minimum absolute atomic E-state index is 0.0447. The summed E-state index contributed by atoms with van der Waals surface area (Å²) in [5.74, 6) is 0.287. The summed E-state index contributed by atoms with van der Waals surface area (Å²) in [5, 5.41) is 5.04. The quantitative estimate of drug-likeness (QED) is 0.00946. The summed E-state index contributed by atoms with van der Waals surface area (Å²) in [4.78, 5) is 76.0. The highest BCUT2D eigenvalue weighted by atomic mass is 16.7. The van der Waals surface area contributed by atoms with Crippen molar-refractivity contribution in [1.29, 1.82) is 0 Å². The lowest BCUT2D eigenvalue weighted by atomic mass is 10.1. The summed E-state index contributed by atoms with van der Waals surface area (Å²) in [6.07, 6.45) is 5.75. The highest BCUT2D eigenvalue weighted by Gasteiger charge is 2.30. The van der Waals surface area contributed by atoms with Crippen LogP contribution >= 0.6 is 0 Å². The molecule has 0 saturated carbocycles. The van der Waals surface area contributed by atoms with Crippen molar-refractivity contribution >= 4 is 36.1 Å². The van der Waals surface area contributed by atoms with Gasteiger partial charge in [0.1, 0.15) is 78.8 Å². The molecule has 4 unspecified atom stereocenters. The molecule has 0 heterocycles. The van der Waals surface area contributed by atoms with Gasteiger partial charge in [0.25, 0.3) is 0 Å². The van der Waals surface area contributed by atoms with Gasteiger partial charge in [-0.15, -0.1) is 0 Å². The third-order valence-electron chi connectivity index (χ3n) is 13.3. The Balaban J connectivity index is 0.000000337. The molecular weight excluding hydrogens is 1190 g/mol. The lowest BCUT2D eigenvalue weighted by Crippen LogP contribution is -2.66. The number of unbranched alkanes of at least 4 members (excludes halogenated alkanes) is 3. The number of amides is 2. The first-order valence-electron chi connectivity index (χ1n) is 31.0. The van der Waals surface area contributed by atoms with Gasteiger partial charge in [-0.2, -0.15) is 0 Å². The van der Waals surface area contributed by atoms with Crippen molar-refractivity contribution in [3.8, 4) is 23.0 Å². The zero-order valence-corrected chi connectivity index (χ0v) is 54.3. The number of esters is 4. The molecule has 0 aliphatic heterocycles. The van der Waals surface area contributed by atoms with Gasteiger partial charge in [0.2, 0.25) is 6.79 Å². The van der Waals surface area contributed by atoms with Gasteiger partial charge in [0.05, 0.1) is 13.2 Å². The van der Waals surface area contributed by atoms with E-state index in [2.05, 4.69) is 29.5 Å². The van der Waals surface area contributed by atoms with Gasteiger partial charge in [0, 0.05) is 19.3 Å². The molecule has 6 aromatic carbocycles. The summed E-state index contributed by atoms with van der Waals surface area (Å²) >= 11 is 0. The van der Waals surface area contributed by atoms with Crippen LogP contribution in [0.3, 0.4) is 0 Å². The number of alkyl carbamates (subject to hydrolysis) is 2. The van der Waals surface area contributed by atoms with Crippen molar-refractivity contribution in [2.24, 2.45) is 5.73 Å². The summed E-state index contributed by atoms with van der Waals surface area (Å²) in [5.41, 5.74) is 14.0. The maximum absolute atomic E-state index is 13.1. The van der Waals surface area contributed by atoms with Crippen LogP contribution in [0.4, 0.5) is 9.59 Å². The number of nitrogens with one attached hydrogen (secondary N) is 2. The molecule has 7 N–H and O–H groups in total. The Kier molecular flexibility index (Phi) is 31.5. The molecule has 93 heavy (non-hydrogen) atoms. The van der Waals surface area contributed by atoms with Crippen LogP contribution in [0, 0.1) is 0 Å². The highest BCUT2D eigenvalue weighted by molar-refractivity contribution is 5.83. The van der Waals surface area contributed by atoms with Crippen molar-refractivity contribution in [3.05, 3.63) is 216 Å². The van der Waals surface area contributed by atoms with Crippen LogP contribution in [-0.2, 0) is 86.5 Å². The second-order valence-corrected chi connectivity index (χ2v) is 23.6. The van der Waals surface area contributed by atoms with E-state index in [1.165, 1.54) is 0 Å². The topological polar surface area (TPSA) is 272 Å². The predicted octanol–water partition coefficient (Wildman–Crippen LogP) is 10.6. The molecule has 0 aromatic heterocycles. The van der Waals surface area contributed by atoms with E-state index in [-0.39, 0.29) is 18.8 Å². The van der Waals surface area contributed by atoms with Crippen molar-refractivity contribution < 1.29 is 81.9 Å². The number of nitrogens with two attached hydrogens (primary N) is 1. The Hall–Kier alpha value is -9.66. The summed E-state index contributed by atoms with van der Waals surface area (Å²) in [7, 11) is 0. The Bertz CT molecular complexity index is 3010. The fourth-order valence-corrected chi connectivity index (χ4v) is 8.62. The fraction of sp³-hybridized carbons (Fsp3) is 0.370. The first-order valence-corrected chi connectivity index (χ1v) is 31.0. The second kappa shape index (κ2) is 39.6. The van der Waals surface area contributed by atoms with Gasteiger partial charge >= 0.3 is 36.1 Å². The Morgan fingerprint density at radius 3 is 1.14 bits per heavy atom. The summed E-state index contributed by atoms with van der Waals surface area (Å²) < 4.78 is 54.5. The van der Waals surface area contributed by atoms with Crippen LogP contribution in [0.1, 0.15) is 101 Å². The van der Waals surface area contributed by atoms with Crippen LogP contribution in [-0.4, -0.2) is 105 Å². The molecule has 0 fully saturated rings. The number of rotatable bonds is 35. The summed E-state index contributed by atoms with van der Waals surface area (Å²) in [6.45, 7) is 18.9. The maximum atomic E-state index is 13.1. The molecule has 2 amide bonds. The zero-order chi connectivity index (χ0) is 67.4. The molecule has 0 saturated heterocycles. The van der Waals surface area contributed by atoms with Gasteiger partial charge in [-0.05, 0) is 156 Å². The lowest BCUT2D eigenvalue weighted by Gasteiger charge is -2.24.